The first kappa shape index (κ1) is 16.0. The maximum absolute atomic E-state index is 12.2. The summed E-state index contributed by atoms with van der Waals surface area (Å²) in [6, 6.07) is 0.895. The lowest BCUT2D eigenvalue weighted by molar-refractivity contribution is -0.139. The average molecular weight is 278 g/mol. The van der Waals surface area contributed by atoms with Crippen molar-refractivity contribution in [2.24, 2.45) is 0 Å². The van der Waals surface area contributed by atoms with Crippen molar-refractivity contribution >= 4 is 11.9 Å². The van der Waals surface area contributed by atoms with Crippen LogP contribution in [0.2, 0.25) is 0 Å². The molecule has 0 aliphatic carbocycles. The van der Waals surface area contributed by atoms with E-state index in [2.05, 4.69) is 5.32 Å². The fraction of sp³-hybridized carbons (Fsp3) is 0.467. The molecule has 0 fully saturated rings. The highest BCUT2D eigenvalue weighted by Crippen LogP contribution is 2.15. The van der Waals surface area contributed by atoms with Gasteiger partial charge in [0.15, 0.2) is 0 Å². The van der Waals surface area contributed by atoms with Crippen LogP contribution in [0.25, 0.3) is 0 Å². The summed E-state index contributed by atoms with van der Waals surface area (Å²) in [5.74, 6) is -1.37. The number of nitrogens with one attached hydrogen (secondary N) is 1. The number of amides is 1. The molecular weight excluding hydrogens is 256 g/mol. The third-order valence-corrected chi connectivity index (χ3v) is 3.35. The standard InChI is InChI=1S/C15H22N2O3/c1-5-7-8-13(15(19)20)16-14(18)12-9-10(3)17(6-2)11(12)4/h5,7,9,13H,6,8H2,1-4H3,(H,16,18)(H,19,20)/b7-5+. The van der Waals surface area contributed by atoms with E-state index >= 15 is 0 Å². The first-order valence-corrected chi connectivity index (χ1v) is 6.73. The Bertz CT molecular complexity index is 529. The summed E-state index contributed by atoms with van der Waals surface area (Å²) in [6.45, 7) is 8.41. The molecule has 0 aromatic carbocycles. The van der Waals surface area contributed by atoms with Gasteiger partial charge in [0, 0.05) is 17.9 Å². The number of allylic oxidation sites excluding steroid dienone is 1. The zero-order valence-electron chi connectivity index (χ0n) is 12.4. The van der Waals surface area contributed by atoms with Gasteiger partial charge in [-0.2, -0.15) is 0 Å². The number of carbonyl (C=O) groups is 2. The van der Waals surface area contributed by atoms with E-state index in [9.17, 15) is 9.59 Å². The largest absolute Gasteiger partial charge is 0.480 e. The van der Waals surface area contributed by atoms with E-state index in [1.54, 1.807) is 18.2 Å². The Hall–Kier alpha value is -2.04. The second-order valence-corrected chi connectivity index (χ2v) is 4.70. The minimum Gasteiger partial charge on any atom is -0.480 e. The van der Waals surface area contributed by atoms with Crippen LogP contribution in [0.15, 0.2) is 18.2 Å². The van der Waals surface area contributed by atoms with Crippen molar-refractivity contribution < 1.29 is 14.7 Å². The number of aryl methyl sites for hydroxylation is 1. The maximum Gasteiger partial charge on any atom is 0.326 e. The van der Waals surface area contributed by atoms with Crippen molar-refractivity contribution in [3.8, 4) is 0 Å². The molecule has 1 aromatic rings. The molecule has 0 aliphatic heterocycles. The third kappa shape index (κ3) is 3.50. The van der Waals surface area contributed by atoms with Gasteiger partial charge in [-0.3, -0.25) is 4.79 Å². The van der Waals surface area contributed by atoms with E-state index in [0.29, 0.717) is 5.56 Å². The van der Waals surface area contributed by atoms with E-state index in [0.717, 1.165) is 17.9 Å². The molecule has 0 spiro atoms. The zero-order valence-corrected chi connectivity index (χ0v) is 12.4. The fourth-order valence-electron chi connectivity index (χ4n) is 2.25. The Morgan fingerprint density at radius 2 is 2.10 bits per heavy atom. The minimum atomic E-state index is -1.03. The molecule has 0 aliphatic rings. The number of hydrogen-bond acceptors (Lipinski definition) is 2. The summed E-state index contributed by atoms with van der Waals surface area (Å²) in [4.78, 5) is 23.3. The monoisotopic (exact) mass is 278 g/mol. The average Bonchev–Trinajstić information content (AvgIpc) is 2.68. The quantitative estimate of drug-likeness (QED) is 0.784. The zero-order chi connectivity index (χ0) is 15.3. The molecule has 0 saturated heterocycles. The number of aromatic nitrogens is 1. The van der Waals surface area contributed by atoms with E-state index in [1.807, 2.05) is 32.3 Å². The van der Waals surface area contributed by atoms with Crippen LogP contribution in [0.4, 0.5) is 0 Å². The van der Waals surface area contributed by atoms with Crippen molar-refractivity contribution in [2.75, 3.05) is 0 Å². The van der Waals surface area contributed by atoms with Crippen molar-refractivity contribution in [1.82, 2.24) is 9.88 Å². The SMILES string of the molecule is C/C=C/CC(NC(=O)c1cc(C)n(CC)c1C)C(=O)O. The summed E-state index contributed by atoms with van der Waals surface area (Å²) < 4.78 is 2.02. The molecule has 5 heteroatoms. The number of nitrogens with zero attached hydrogens (tertiary/aromatic N) is 1. The van der Waals surface area contributed by atoms with Gasteiger partial charge in [0.1, 0.15) is 6.04 Å². The highest BCUT2D eigenvalue weighted by Gasteiger charge is 2.22. The predicted molar refractivity (Wildman–Crippen MR) is 77.9 cm³/mol. The number of carbonyl (C=O) groups excluding carboxylic acids is 1. The second kappa shape index (κ2) is 6.93. The fourth-order valence-corrected chi connectivity index (χ4v) is 2.25. The van der Waals surface area contributed by atoms with Gasteiger partial charge >= 0.3 is 5.97 Å². The predicted octanol–water partition coefficient (Wildman–Crippen LogP) is 2.27. The van der Waals surface area contributed by atoms with Crippen LogP contribution in [-0.2, 0) is 11.3 Å². The van der Waals surface area contributed by atoms with Gasteiger partial charge in [-0.05, 0) is 40.2 Å². The van der Waals surface area contributed by atoms with Crippen LogP contribution in [0.3, 0.4) is 0 Å². The molecular formula is C15H22N2O3. The molecule has 1 atom stereocenters. The molecule has 110 valence electrons. The summed E-state index contributed by atoms with van der Waals surface area (Å²) >= 11 is 0. The molecule has 1 amide bonds. The highest BCUT2D eigenvalue weighted by atomic mass is 16.4. The van der Waals surface area contributed by atoms with E-state index in [4.69, 9.17) is 5.11 Å². The second-order valence-electron chi connectivity index (χ2n) is 4.70. The first-order valence-electron chi connectivity index (χ1n) is 6.73. The van der Waals surface area contributed by atoms with Gasteiger partial charge in [-0.25, -0.2) is 4.79 Å². The summed E-state index contributed by atoms with van der Waals surface area (Å²) in [7, 11) is 0. The van der Waals surface area contributed by atoms with Gasteiger partial charge in [-0.1, -0.05) is 12.2 Å². The molecule has 0 radical (unpaired) electrons. The number of hydrogen-bond donors (Lipinski definition) is 2. The van der Waals surface area contributed by atoms with Crippen LogP contribution >= 0.6 is 0 Å². The normalized spacial score (nSPS) is 12.6. The Kier molecular flexibility index (Phi) is 5.55. The Morgan fingerprint density at radius 1 is 1.45 bits per heavy atom. The van der Waals surface area contributed by atoms with Crippen molar-refractivity contribution in [3.05, 3.63) is 35.2 Å². The van der Waals surface area contributed by atoms with Gasteiger partial charge < -0.3 is 15.0 Å². The lowest BCUT2D eigenvalue weighted by atomic mass is 10.1. The maximum atomic E-state index is 12.2. The molecule has 1 heterocycles. The van der Waals surface area contributed by atoms with Gasteiger partial charge in [0.2, 0.25) is 0 Å². The van der Waals surface area contributed by atoms with Crippen molar-refractivity contribution in [1.29, 1.82) is 0 Å². The minimum absolute atomic E-state index is 0.282. The summed E-state index contributed by atoms with van der Waals surface area (Å²) in [5.41, 5.74) is 2.39. The highest BCUT2D eigenvalue weighted by molar-refractivity contribution is 5.97. The summed E-state index contributed by atoms with van der Waals surface area (Å²) in [6.07, 6.45) is 3.78. The van der Waals surface area contributed by atoms with Crippen LogP contribution < -0.4 is 5.32 Å². The van der Waals surface area contributed by atoms with Crippen LogP contribution in [0.5, 0.6) is 0 Å². The van der Waals surface area contributed by atoms with E-state index in [1.165, 1.54) is 0 Å². The molecule has 20 heavy (non-hydrogen) atoms. The number of aliphatic carboxylic acids is 1. The lowest BCUT2D eigenvalue weighted by Crippen LogP contribution is -2.40. The van der Waals surface area contributed by atoms with E-state index < -0.39 is 12.0 Å². The van der Waals surface area contributed by atoms with Gasteiger partial charge in [0.05, 0.1) is 5.56 Å². The molecule has 1 aromatic heterocycles. The van der Waals surface area contributed by atoms with Crippen LogP contribution in [0.1, 0.15) is 42.0 Å². The molecule has 0 saturated carbocycles. The first-order chi connectivity index (χ1) is 9.42. The number of carboxylic acids is 1. The molecule has 1 rings (SSSR count). The summed E-state index contributed by atoms with van der Waals surface area (Å²) in [5, 5.41) is 11.7. The van der Waals surface area contributed by atoms with Crippen LogP contribution in [-0.4, -0.2) is 27.6 Å². The third-order valence-electron chi connectivity index (χ3n) is 3.35. The number of rotatable bonds is 6. The van der Waals surface area contributed by atoms with Crippen molar-refractivity contribution in [2.45, 2.75) is 46.7 Å². The lowest BCUT2D eigenvalue weighted by Gasteiger charge is -2.13. The topological polar surface area (TPSA) is 71.3 Å². The van der Waals surface area contributed by atoms with Gasteiger partial charge in [-0.15, -0.1) is 0 Å². The molecule has 1 unspecified atom stereocenters. The Balaban J connectivity index is 2.92. The molecule has 0 bridgehead atoms. The smallest absolute Gasteiger partial charge is 0.326 e. The Morgan fingerprint density at radius 3 is 2.55 bits per heavy atom. The number of carboxylic acid groups (broad SMARTS) is 1. The van der Waals surface area contributed by atoms with Crippen LogP contribution in [0, 0.1) is 13.8 Å². The van der Waals surface area contributed by atoms with Gasteiger partial charge in [0.25, 0.3) is 5.91 Å². The Labute approximate surface area is 119 Å². The molecule has 5 nitrogen and oxygen atoms in total. The molecule has 2 N–H and O–H groups in total. The van der Waals surface area contributed by atoms with E-state index in [-0.39, 0.29) is 12.3 Å². The van der Waals surface area contributed by atoms with Crippen molar-refractivity contribution in [3.63, 3.8) is 0 Å².